The monoisotopic (exact) mass is 523 g/mol. The number of hydrogen-bond donors (Lipinski definition) is 1. The van der Waals surface area contributed by atoms with Gasteiger partial charge in [0.15, 0.2) is 4.80 Å². The normalized spacial score (nSPS) is 15.3. The molecule has 38 heavy (non-hydrogen) atoms. The van der Waals surface area contributed by atoms with Gasteiger partial charge in [-0.05, 0) is 59.9 Å². The van der Waals surface area contributed by atoms with E-state index >= 15 is 0 Å². The molecule has 0 aliphatic carbocycles. The average Bonchev–Trinajstić information content (AvgIpc) is 3.22. The van der Waals surface area contributed by atoms with E-state index in [-0.39, 0.29) is 11.5 Å². The summed E-state index contributed by atoms with van der Waals surface area (Å²) < 4.78 is 7.65. The summed E-state index contributed by atoms with van der Waals surface area (Å²) >= 11 is 1.33. The van der Waals surface area contributed by atoms with Crippen molar-refractivity contribution >= 4 is 29.0 Å². The zero-order chi connectivity index (χ0) is 26.8. The topological polar surface area (TPSA) is 72.7 Å². The summed E-state index contributed by atoms with van der Waals surface area (Å²) in [5.41, 5.74) is 4.42. The van der Waals surface area contributed by atoms with E-state index < -0.39 is 6.04 Å². The van der Waals surface area contributed by atoms with Crippen LogP contribution in [0.25, 0.3) is 6.08 Å². The standard InChI is InChI=1S/C31H29N3O3S/c1-19(2)22-15-13-21(14-16-22)17-26-30(36)34-28(23-9-8-12-25(18-23)37-4)27(20(3)32-31(34)38-26)29(35)33-24-10-6-5-7-11-24/h5-19,28H,1-4H3,(H,33,35)/b26-17-/t28-/m0/s1. The van der Waals surface area contributed by atoms with Crippen LogP contribution >= 0.6 is 11.3 Å². The molecule has 1 aliphatic rings. The molecule has 2 heterocycles. The number of methoxy groups -OCH3 is 1. The molecule has 0 spiro atoms. The van der Waals surface area contributed by atoms with Crippen LogP contribution in [0.3, 0.4) is 0 Å². The number of anilines is 1. The van der Waals surface area contributed by atoms with E-state index in [0.29, 0.717) is 38.0 Å². The highest BCUT2D eigenvalue weighted by atomic mass is 32.1. The van der Waals surface area contributed by atoms with E-state index in [1.165, 1.54) is 16.9 Å². The maximum absolute atomic E-state index is 13.9. The maximum atomic E-state index is 13.9. The van der Waals surface area contributed by atoms with E-state index in [9.17, 15) is 9.59 Å². The van der Waals surface area contributed by atoms with Gasteiger partial charge in [-0.2, -0.15) is 0 Å². The molecule has 3 aromatic carbocycles. The Morgan fingerprint density at radius 3 is 2.47 bits per heavy atom. The molecule has 0 fully saturated rings. The Balaban J connectivity index is 1.65. The molecule has 1 aliphatic heterocycles. The lowest BCUT2D eigenvalue weighted by Gasteiger charge is -2.25. The number of rotatable bonds is 6. The summed E-state index contributed by atoms with van der Waals surface area (Å²) in [6.45, 7) is 6.12. The first-order chi connectivity index (χ1) is 18.4. The number of nitrogens with one attached hydrogen (secondary N) is 1. The van der Waals surface area contributed by atoms with Gasteiger partial charge >= 0.3 is 0 Å². The van der Waals surface area contributed by atoms with Crippen molar-refractivity contribution in [1.29, 1.82) is 0 Å². The van der Waals surface area contributed by atoms with Crippen LogP contribution in [-0.2, 0) is 4.79 Å². The van der Waals surface area contributed by atoms with Crippen LogP contribution < -0.4 is 24.9 Å². The van der Waals surface area contributed by atoms with Crippen molar-refractivity contribution in [2.24, 2.45) is 4.99 Å². The molecule has 5 rings (SSSR count). The van der Waals surface area contributed by atoms with Gasteiger partial charge in [0, 0.05) is 5.69 Å². The third-order valence-corrected chi connectivity index (χ3v) is 7.59. The molecular weight excluding hydrogens is 494 g/mol. The third kappa shape index (κ3) is 4.97. The molecular formula is C31H29N3O3S. The molecule has 0 bridgehead atoms. The quantitative estimate of drug-likeness (QED) is 0.386. The van der Waals surface area contributed by atoms with Gasteiger partial charge in [-0.1, -0.05) is 79.8 Å². The van der Waals surface area contributed by atoms with Gasteiger partial charge < -0.3 is 10.1 Å². The maximum Gasteiger partial charge on any atom is 0.271 e. The Bertz CT molecular complexity index is 1700. The first-order valence-corrected chi connectivity index (χ1v) is 13.3. The van der Waals surface area contributed by atoms with Crippen LogP contribution in [0.2, 0.25) is 0 Å². The van der Waals surface area contributed by atoms with Gasteiger partial charge in [0.25, 0.3) is 11.5 Å². The second-order valence-electron chi connectivity index (χ2n) is 9.50. The van der Waals surface area contributed by atoms with Crippen LogP contribution in [0.5, 0.6) is 5.75 Å². The molecule has 1 aromatic heterocycles. The lowest BCUT2D eigenvalue weighted by Crippen LogP contribution is -2.40. The fourth-order valence-corrected chi connectivity index (χ4v) is 5.63. The molecule has 0 saturated carbocycles. The number of hydrogen-bond acceptors (Lipinski definition) is 5. The number of ether oxygens (including phenoxy) is 1. The zero-order valence-electron chi connectivity index (χ0n) is 21.8. The molecule has 4 aromatic rings. The number of aromatic nitrogens is 1. The van der Waals surface area contributed by atoms with E-state index in [4.69, 9.17) is 9.73 Å². The molecule has 6 nitrogen and oxygen atoms in total. The van der Waals surface area contributed by atoms with Crippen molar-refractivity contribution in [3.63, 3.8) is 0 Å². The first kappa shape index (κ1) is 25.4. The highest BCUT2D eigenvalue weighted by Crippen LogP contribution is 2.32. The van der Waals surface area contributed by atoms with Crippen molar-refractivity contribution in [2.75, 3.05) is 12.4 Å². The van der Waals surface area contributed by atoms with E-state index in [2.05, 4.69) is 31.3 Å². The largest absolute Gasteiger partial charge is 0.497 e. The Kier molecular flexibility index (Phi) is 7.11. The Labute approximate surface area is 225 Å². The number of nitrogens with zero attached hydrogens (tertiary/aromatic N) is 2. The lowest BCUT2D eigenvalue weighted by atomic mass is 9.95. The van der Waals surface area contributed by atoms with Gasteiger partial charge in [-0.15, -0.1) is 0 Å². The fourth-order valence-electron chi connectivity index (χ4n) is 4.59. The SMILES string of the molecule is COc1cccc([C@H]2C(C(=O)Nc3ccccc3)=C(C)N=c3s/c(=C\c4ccc(C(C)C)cc4)c(=O)n32)c1. The van der Waals surface area contributed by atoms with E-state index in [1.54, 1.807) is 11.7 Å². The van der Waals surface area contributed by atoms with Gasteiger partial charge in [-0.25, -0.2) is 4.99 Å². The number of benzene rings is 3. The van der Waals surface area contributed by atoms with Gasteiger partial charge in [0.1, 0.15) is 5.75 Å². The van der Waals surface area contributed by atoms with E-state index in [1.807, 2.05) is 79.7 Å². The Morgan fingerprint density at radius 1 is 1.05 bits per heavy atom. The number of allylic oxidation sites excluding steroid dienone is 1. The van der Waals surface area contributed by atoms with Crippen LogP contribution in [0.1, 0.15) is 49.4 Å². The number of carbonyl (C=O) groups excluding carboxylic acids is 1. The summed E-state index contributed by atoms with van der Waals surface area (Å²) in [4.78, 5) is 32.8. The second kappa shape index (κ2) is 10.6. The van der Waals surface area contributed by atoms with Crippen LogP contribution in [0, 0.1) is 0 Å². The predicted octanol–water partition coefficient (Wildman–Crippen LogP) is 5.01. The Hall–Kier alpha value is -4.23. The molecule has 7 heteroatoms. The molecule has 192 valence electrons. The first-order valence-electron chi connectivity index (χ1n) is 12.5. The van der Waals surface area contributed by atoms with Crippen LogP contribution in [-0.4, -0.2) is 17.6 Å². The zero-order valence-corrected chi connectivity index (χ0v) is 22.6. The number of amides is 1. The number of fused-ring (bicyclic) bond motifs is 1. The van der Waals surface area contributed by atoms with Crippen molar-refractivity contribution < 1.29 is 9.53 Å². The van der Waals surface area contributed by atoms with E-state index in [0.717, 1.165) is 11.1 Å². The highest BCUT2D eigenvalue weighted by molar-refractivity contribution is 7.07. The second-order valence-corrected chi connectivity index (χ2v) is 10.5. The molecule has 0 unspecified atom stereocenters. The minimum Gasteiger partial charge on any atom is -0.497 e. The molecule has 1 amide bonds. The lowest BCUT2D eigenvalue weighted by molar-refractivity contribution is -0.113. The van der Waals surface area contributed by atoms with Crippen molar-refractivity contribution in [3.8, 4) is 5.75 Å². The van der Waals surface area contributed by atoms with Crippen LogP contribution in [0.15, 0.2) is 99.9 Å². The van der Waals surface area contributed by atoms with Crippen LogP contribution in [0.4, 0.5) is 5.69 Å². The summed E-state index contributed by atoms with van der Waals surface area (Å²) in [5, 5.41) is 2.97. The highest BCUT2D eigenvalue weighted by Gasteiger charge is 2.32. The predicted molar refractivity (Wildman–Crippen MR) is 152 cm³/mol. The molecule has 1 N–H and O–H groups in total. The molecule has 0 radical (unpaired) electrons. The summed E-state index contributed by atoms with van der Waals surface area (Å²) in [6.07, 6.45) is 1.89. The van der Waals surface area contributed by atoms with Gasteiger partial charge in [0.2, 0.25) is 0 Å². The smallest absolute Gasteiger partial charge is 0.271 e. The number of thiazole rings is 1. The number of para-hydroxylation sites is 1. The van der Waals surface area contributed by atoms with Gasteiger partial charge in [0.05, 0.1) is 29.0 Å². The summed E-state index contributed by atoms with van der Waals surface area (Å²) in [5.74, 6) is 0.775. The minimum atomic E-state index is -0.657. The fraction of sp³-hybridized carbons (Fsp3) is 0.194. The number of carbonyl (C=O) groups is 1. The average molecular weight is 524 g/mol. The van der Waals surface area contributed by atoms with Crippen molar-refractivity contribution in [3.05, 3.63) is 127 Å². The molecule has 0 saturated heterocycles. The summed E-state index contributed by atoms with van der Waals surface area (Å²) in [6, 6.07) is 24.3. The van der Waals surface area contributed by atoms with Crippen molar-refractivity contribution in [1.82, 2.24) is 4.57 Å². The minimum absolute atomic E-state index is 0.188. The Morgan fingerprint density at radius 2 is 1.79 bits per heavy atom. The molecule has 1 atom stereocenters. The van der Waals surface area contributed by atoms with Gasteiger partial charge in [-0.3, -0.25) is 14.2 Å². The third-order valence-electron chi connectivity index (χ3n) is 6.61. The summed E-state index contributed by atoms with van der Waals surface area (Å²) in [7, 11) is 1.60. The van der Waals surface area contributed by atoms with Crippen molar-refractivity contribution in [2.45, 2.75) is 32.7 Å².